The van der Waals surface area contributed by atoms with Gasteiger partial charge in [-0.1, -0.05) is 34.1 Å². The molecule has 0 bridgehead atoms. The number of benzene rings is 2. The van der Waals surface area contributed by atoms with Crippen LogP contribution in [0, 0.1) is 0 Å². The lowest BCUT2D eigenvalue weighted by Crippen LogP contribution is -2.30. The predicted octanol–water partition coefficient (Wildman–Crippen LogP) is 3.50. The predicted molar refractivity (Wildman–Crippen MR) is 124 cm³/mol. The van der Waals surface area contributed by atoms with Crippen LogP contribution in [0.5, 0.6) is 0 Å². The first-order valence-corrected chi connectivity index (χ1v) is 11.2. The Labute approximate surface area is 201 Å². The molecule has 0 N–H and O–H groups in total. The van der Waals surface area contributed by atoms with Crippen molar-refractivity contribution in [1.82, 2.24) is 24.8 Å². The molecule has 0 saturated carbocycles. The zero-order valence-electron chi connectivity index (χ0n) is 17.6. The second-order valence-corrected chi connectivity index (χ2v) is 8.55. The second kappa shape index (κ2) is 8.08. The van der Waals surface area contributed by atoms with Gasteiger partial charge in [-0.3, -0.25) is 29.0 Å². The standard InChI is InChI=1S/C24H15BrN6O3/c25-14-8-9-19-17(11-14)22(18-7-3-4-10-26-18)27-12-20-28-29-21(30(19)20)13-34-31-23(32)15-5-1-2-6-16(15)24(31)33/h1-11H,12-13H2. The van der Waals surface area contributed by atoms with E-state index in [1.807, 2.05) is 41.0 Å². The number of hydrogen-bond acceptors (Lipinski definition) is 7. The Balaban J connectivity index is 1.36. The molecular formula is C24H15BrN6O3. The number of carbonyl (C=O) groups excluding carboxylic acids is 2. The van der Waals surface area contributed by atoms with E-state index in [1.54, 1.807) is 30.5 Å². The van der Waals surface area contributed by atoms with E-state index in [0.717, 1.165) is 32.2 Å². The summed E-state index contributed by atoms with van der Waals surface area (Å²) in [5, 5.41) is 9.33. The van der Waals surface area contributed by atoms with Crippen LogP contribution in [0.1, 0.15) is 43.6 Å². The summed E-state index contributed by atoms with van der Waals surface area (Å²) in [5.41, 5.74) is 3.74. The number of carbonyl (C=O) groups is 2. The van der Waals surface area contributed by atoms with Gasteiger partial charge in [-0.05, 0) is 42.5 Å². The number of hydrogen-bond donors (Lipinski definition) is 0. The summed E-state index contributed by atoms with van der Waals surface area (Å²) in [6.45, 7) is 0.144. The molecule has 0 atom stereocenters. The number of pyridine rings is 1. The summed E-state index contributed by atoms with van der Waals surface area (Å²) < 4.78 is 2.73. The molecular weight excluding hydrogens is 500 g/mol. The van der Waals surface area contributed by atoms with Crippen molar-refractivity contribution in [2.75, 3.05) is 0 Å². The summed E-state index contributed by atoms with van der Waals surface area (Å²) >= 11 is 3.55. The number of rotatable bonds is 4. The van der Waals surface area contributed by atoms with Crippen LogP contribution in [-0.4, -0.2) is 42.3 Å². The monoisotopic (exact) mass is 514 g/mol. The maximum atomic E-state index is 12.7. The van der Waals surface area contributed by atoms with Crippen molar-refractivity contribution in [3.05, 3.63) is 105 Å². The maximum absolute atomic E-state index is 12.7. The van der Waals surface area contributed by atoms with Crippen LogP contribution in [-0.2, 0) is 18.0 Å². The van der Waals surface area contributed by atoms with Gasteiger partial charge in [-0.15, -0.1) is 15.3 Å². The molecule has 9 nitrogen and oxygen atoms in total. The van der Waals surface area contributed by atoms with Crippen LogP contribution >= 0.6 is 15.9 Å². The minimum Gasteiger partial charge on any atom is -0.279 e. The molecule has 2 aromatic heterocycles. The highest BCUT2D eigenvalue weighted by Gasteiger charge is 2.37. The molecule has 0 spiro atoms. The fourth-order valence-corrected chi connectivity index (χ4v) is 4.45. The van der Waals surface area contributed by atoms with E-state index < -0.39 is 11.8 Å². The molecule has 34 heavy (non-hydrogen) atoms. The van der Waals surface area contributed by atoms with E-state index in [2.05, 4.69) is 31.1 Å². The van der Waals surface area contributed by atoms with E-state index in [-0.39, 0.29) is 13.2 Å². The van der Waals surface area contributed by atoms with Crippen LogP contribution in [0.2, 0.25) is 0 Å². The Kier molecular flexibility index (Phi) is 4.89. The Morgan fingerprint density at radius 1 is 0.912 bits per heavy atom. The molecule has 6 rings (SSSR count). The Morgan fingerprint density at radius 2 is 1.68 bits per heavy atom. The third-order valence-electron chi connectivity index (χ3n) is 5.62. The van der Waals surface area contributed by atoms with E-state index >= 15 is 0 Å². The first-order chi connectivity index (χ1) is 16.6. The normalized spacial score (nSPS) is 14.4. The zero-order valence-corrected chi connectivity index (χ0v) is 19.1. The molecule has 10 heteroatoms. The number of nitrogens with zero attached hydrogens (tertiary/aromatic N) is 6. The number of imide groups is 1. The van der Waals surface area contributed by atoms with Gasteiger partial charge in [0, 0.05) is 16.2 Å². The largest absolute Gasteiger partial charge is 0.285 e. The summed E-state index contributed by atoms with van der Waals surface area (Å²) in [5.74, 6) is 0.0469. The second-order valence-electron chi connectivity index (χ2n) is 7.63. The molecule has 2 aromatic carbocycles. The van der Waals surface area contributed by atoms with Crippen LogP contribution in [0.15, 0.2) is 76.3 Å². The number of fused-ring (bicyclic) bond motifs is 4. The summed E-state index contributed by atoms with van der Waals surface area (Å²) in [6.07, 6.45) is 1.72. The molecule has 4 heterocycles. The van der Waals surface area contributed by atoms with Gasteiger partial charge in [-0.25, -0.2) is 0 Å². The van der Waals surface area contributed by atoms with Gasteiger partial charge in [0.15, 0.2) is 11.6 Å². The molecule has 0 saturated heterocycles. The lowest BCUT2D eigenvalue weighted by Gasteiger charge is -2.16. The highest BCUT2D eigenvalue weighted by Crippen LogP contribution is 2.29. The SMILES string of the molecule is O=C1c2ccccc2C(=O)N1OCc1nnc2n1-c1ccc(Br)cc1C(c1ccccn1)=NC2. The van der Waals surface area contributed by atoms with Crippen molar-refractivity contribution >= 4 is 33.5 Å². The lowest BCUT2D eigenvalue weighted by atomic mass is 10.0. The molecule has 0 unspecified atom stereocenters. The Hall–Kier alpha value is -4.02. The number of halogens is 1. The molecule has 2 aliphatic heterocycles. The average Bonchev–Trinajstić information content (AvgIpc) is 3.31. The average molecular weight is 515 g/mol. The third kappa shape index (κ3) is 3.27. The molecule has 4 aromatic rings. The van der Waals surface area contributed by atoms with Crippen LogP contribution in [0.3, 0.4) is 0 Å². The number of aliphatic imine (C=N–C) groups is 1. The smallest absolute Gasteiger partial charge is 0.279 e. The van der Waals surface area contributed by atoms with Crippen LogP contribution < -0.4 is 0 Å². The quantitative estimate of drug-likeness (QED) is 0.386. The zero-order chi connectivity index (χ0) is 23.2. The van der Waals surface area contributed by atoms with E-state index in [0.29, 0.717) is 22.8 Å². The maximum Gasteiger partial charge on any atom is 0.285 e. The molecule has 166 valence electrons. The Bertz CT molecular complexity index is 1460. The van der Waals surface area contributed by atoms with Crippen molar-refractivity contribution in [3.8, 4) is 5.69 Å². The van der Waals surface area contributed by atoms with E-state index in [9.17, 15) is 9.59 Å². The molecule has 0 aliphatic carbocycles. The van der Waals surface area contributed by atoms with Crippen molar-refractivity contribution < 1.29 is 14.4 Å². The minimum absolute atomic E-state index is 0.132. The number of amides is 2. The van der Waals surface area contributed by atoms with Crippen molar-refractivity contribution in [1.29, 1.82) is 0 Å². The topological polar surface area (TPSA) is 103 Å². The van der Waals surface area contributed by atoms with E-state index in [1.165, 1.54) is 0 Å². The first-order valence-electron chi connectivity index (χ1n) is 10.4. The molecule has 2 aliphatic rings. The van der Waals surface area contributed by atoms with Gasteiger partial charge in [-0.2, -0.15) is 0 Å². The van der Waals surface area contributed by atoms with Gasteiger partial charge in [0.05, 0.1) is 28.2 Å². The lowest BCUT2D eigenvalue weighted by molar-refractivity contribution is -0.103. The molecule has 0 radical (unpaired) electrons. The van der Waals surface area contributed by atoms with Gasteiger partial charge in [0.25, 0.3) is 11.8 Å². The fraction of sp³-hybridized carbons (Fsp3) is 0.0833. The highest BCUT2D eigenvalue weighted by atomic mass is 79.9. The molecule has 2 amide bonds. The van der Waals surface area contributed by atoms with Gasteiger partial charge >= 0.3 is 0 Å². The number of aromatic nitrogens is 4. The van der Waals surface area contributed by atoms with Gasteiger partial charge in [0.2, 0.25) is 0 Å². The summed E-state index contributed by atoms with van der Waals surface area (Å²) in [4.78, 5) is 40.2. The van der Waals surface area contributed by atoms with Crippen molar-refractivity contribution in [3.63, 3.8) is 0 Å². The van der Waals surface area contributed by atoms with Crippen LogP contribution in [0.25, 0.3) is 5.69 Å². The van der Waals surface area contributed by atoms with Gasteiger partial charge in [0.1, 0.15) is 13.2 Å². The summed E-state index contributed by atoms with van der Waals surface area (Å²) in [6, 6.07) is 18.1. The fourth-order valence-electron chi connectivity index (χ4n) is 4.08. The number of hydroxylamine groups is 2. The Morgan fingerprint density at radius 3 is 2.41 bits per heavy atom. The van der Waals surface area contributed by atoms with Crippen molar-refractivity contribution in [2.45, 2.75) is 13.2 Å². The third-order valence-corrected chi connectivity index (χ3v) is 6.11. The van der Waals surface area contributed by atoms with Crippen LogP contribution in [0.4, 0.5) is 0 Å². The minimum atomic E-state index is -0.499. The van der Waals surface area contributed by atoms with Crippen molar-refractivity contribution in [2.24, 2.45) is 4.99 Å². The highest BCUT2D eigenvalue weighted by molar-refractivity contribution is 9.10. The van der Waals surface area contributed by atoms with Gasteiger partial charge < -0.3 is 0 Å². The van der Waals surface area contributed by atoms with E-state index in [4.69, 9.17) is 9.83 Å². The first kappa shape index (κ1) is 20.6. The molecule has 0 fully saturated rings. The summed E-state index contributed by atoms with van der Waals surface area (Å²) in [7, 11) is 0.